The SMILES string of the molecule is CC(=O)N[C@H]1[C@H](OC[C@H]2O[C@H](O[C@H](C)[C@H](NC(=O)[C@H](CO)NC(=O)[C@H](Cc3cnc[nH]3)NC(=O)[C@H](CO)NC(=O)[C@@H](NC(=O)[C@@H](NC(=O)[C@H](CCC(=O)O)NC(=O)[C@@H](N)[C@@H](C)O)[C@@H](C)O)[C@@H](C)O)C(=O)N3CCC[C@H]3C(=O)NCC(=O)O)[C@H](NC(C)=O)[C@@H](O[C@H]3O[C@H](CO)[C@H](O)[C@H](O)[C@H]3O)[C@H]2O)O[C@H](CO)[C@@H](O)[C@@H]1O. The van der Waals surface area contributed by atoms with Crippen LogP contribution < -0.4 is 58.9 Å². The molecular weight excluding hydrogens is 1480 g/mol. The lowest BCUT2D eigenvalue weighted by Gasteiger charge is -2.48. The van der Waals surface area contributed by atoms with Crippen LogP contribution in [0.1, 0.15) is 72.9 Å². The topological polar surface area (TPSA) is 759 Å². The van der Waals surface area contributed by atoms with Gasteiger partial charge in [0.1, 0.15) is 134 Å². The zero-order valence-corrected chi connectivity index (χ0v) is 60.2. The number of amides is 11. The molecule has 622 valence electrons. The number of rotatable bonds is 40. The van der Waals surface area contributed by atoms with E-state index in [2.05, 4.69) is 63.1 Å². The second kappa shape index (κ2) is 42.8. The highest BCUT2D eigenvalue weighted by atomic mass is 16.7. The number of aliphatic carboxylic acids is 2. The third kappa shape index (κ3) is 25.3. The number of imidazole rings is 1. The number of nitrogens with one attached hydrogen (secondary N) is 11. The Balaban J connectivity index is 1.48. The van der Waals surface area contributed by atoms with E-state index in [0.717, 1.165) is 52.8 Å². The number of H-pyrrole nitrogens is 1. The summed E-state index contributed by atoms with van der Waals surface area (Å²) in [6, 6.07) is -20.9. The van der Waals surface area contributed by atoms with Crippen LogP contribution in [0.3, 0.4) is 0 Å². The number of nitrogens with zero attached hydrogens (tertiary/aromatic N) is 2. The van der Waals surface area contributed by atoms with Gasteiger partial charge in [0.05, 0.1) is 63.8 Å². The number of nitrogens with two attached hydrogens (primary N) is 1. The maximum atomic E-state index is 15.2. The van der Waals surface area contributed by atoms with Crippen LogP contribution in [0.5, 0.6) is 0 Å². The number of carbonyl (C=O) groups is 13. The number of hydrogen-bond donors (Lipinski definition) is 27. The minimum Gasteiger partial charge on any atom is -0.481 e. The minimum absolute atomic E-state index is 0.0688. The van der Waals surface area contributed by atoms with E-state index in [1.165, 1.54) is 6.20 Å². The molecule has 0 aromatic carbocycles. The summed E-state index contributed by atoms with van der Waals surface area (Å²) in [7, 11) is 0. The van der Waals surface area contributed by atoms with E-state index in [1.54, 1.807) is 0 Å². The number of ether oxygens (including phenoxy) is 6. The number of likely N-dealkylation sites (tertiary alicyclic amines) is 1. The Morgan fingerprint density at radius 2 is 1.08 bits per heavy atom. The van der Waals surface area contributed by atoms with Crippen molar-refractivity contribution in [2.45, 2.75) is 244 Å². The molecule has 1 aromatic heterocycles. The second-order valence-corrected chi connectivity index (χ2v) is 26.5. The normalized spacial score (nSPS) is 28.7. The molecule has 4 fully saturated rings. The molecule has 0 unspecified atom stereocenters. The van der Waals surface area contributed by atoms with Gasteiger partial charge >= 0.3 is 11.9 Å². The zero-order valence-electron chi connectivity index (χ0n) is 60.2. The average molecular weight is 1590 g/mol. The lowest BCUT2D eigenvalue weighted by Crippen LogP contribution is -2.69. The van der Waals surface area contributed by atoms with Crippen molar-refractivity contribution < 1.29 is 167 Å². The molecule has 28 atom stereocenters. The van der Waals surface area contributed by atoms with Gasteiger partial charge < -0.3 is 174 Å². The molecule has 11 amide bonds. The maximum absolute atomic E-state index is 15.2. The molecule has 4 aliphatic rings. The number of carboxylic acids is 2. The fraction of sp³-hybridized carbons (Fsp3) is 0.742. The van der Waals surface area contributed by atoms with Gasteiger partial charge in [-0.3, -0.25) is 62.3 Å². The number of carboxylic acid groups (broad SMARTS) is 2. The Bertz CT molecular complexity index is 3290. The van der Waals surface area contributed by atoms with Crippen molar-refractivity contribution >= 4 is 76.9 Å². The second-order valence-electron chi connectivity index (χ2n) is 26.5. The summed E-state index contributed by atoms with van der Waals surface area (Å²) in [4.78, 5) is 182. The summed E-state index contributed by atoms with van der Waals surface area (Å²) < 4.78 is 35.8. The third-order valence-electron chi connectivity index (χ3n) is 18.0. The predicted molar refractivity (Wildman–Crippen MR) is 358 cm³/mol. The molecule has 5 heterocycles. The van der Waals surface area contributed by atoms with Crippen molar-refractivity contribution in [3.63, 3.8) is 0 Å². The summed E-state index contributed by atoms with van der Waals surface area (Å²) in [5.41, 5.74) is 5.73. The van der Waals surface area contributed by atoms with E-state index < -0.39 is 307 Å². The number of aliphatic hydroxyl groups excluding tert-OH is 13. The number of aliphatic hydroxyl groups is 13. The first kappa shape index (κ1) is 92.1. The van der Waals surface area contributed by atoms with Crippen LogP contribution in [-0.2, 0) is 97.2 Å². The molecule has 0 bridgehead atoms. The fourth-order valence-corrected chi connectivity index (χ4v) is 11.9. The van der Waals surface area contributed by atoms with Gasteiger partial charge in [0.15, 0.2) is 18.9 Å². The first-order chi connectivity index (χ1) is 51.7. The van der Waals surface area contributed by atoms with E-state index in [4.69, 9.17) is 34.2 Å². The van der Waals surface area contributed by atoms with Crippen molar-refractivity contribution in [3.8, 4) is 0 Å². The maximum Gasteiger partial charge on any atom is 0.322 e. The van der Waals surface area contributed by atoms with Crippen LogP contribution in [0, 0.1) is 0 Å². The number of aromatic nitrogens is 2. The summed E-state index contributed by atoms with van der Waals surface area (Å²) in [5, 5.41) is 180. The highest BCUT2D eigenvalue weighted by Gasteiger charge is 2.55. The van der Waals surface area contributed by atoms with Crippen LogP contribution in [0.4, 0.5) is 0 Å². The minimum atomic E-state index is -2.20. The Labute approximate surface area is 625 Å². The standard InChI is InChI=1S/C62H100N14O34/c1-21(81)38(63)56(101)69-28(9-10-36(86)87)51(96)73-40(23(3)83)58(103)74-39(22(2)82)57(102)72-30(15-77)53(98)70-29(12-27-13-64-20-66-27)52(97)71-31(16-78)54(99)75-41(59(104)76-11-7-8-32(76)55(100)65-14-37(88)89)24(4)106-61-43(68-26(6)85)50(110-62-49(95)48(94)45(91)34(18-80)108-62)46(92)35(109-61)19-105-60-42(67-25(5)84)47(93)44(90)33(17-79)107-60/h13,20-24,28-35,38-50,60-62,77-83,90-95H,7-12,14-19,63H2,1-6H3,(H,64,66)(H,65,100)(H,67,84)(H,68,85)(H,69,101)(H,70,98)(H,71,97)(H,72,102)(H,73,96)(H,74,103)(H,75,99)(H,86,87)(H,88,89)/t21-,22-,23-,24-,28+,29+,30+,31+,32+,33-,34-,35-,38+,39+,40+,41+,42-,43-,44-,45+,46+,47-,48+,49-,50-,60-,61+,62-/m1/s1. The van der Waals surface area contributed by atoms with E-state index in [9.17, 15) is 134 Å². The number of hydrogen-bond acceptors (Lipinski definition) is 34. The first-order valence-corrected chi connectivity index (χ1v) is 34.6. The van der Waals surface area contributed by atoms with Gasteiger partial charge in [0, 0.05) is 45.1 Å². The molecule has 28 N–H and O–H groups in total. The number of carbonyl (C=O) groups excluding carboxylic acids is 11. The first-order valence-electron chi connectivity index (χ1n) is 34.6. The Hall–Kier alpha value is -8.48. The van der Waals surface area contributed by atoms with Crippen LogP contribution in [0.25, 0.3) is 0 Å². The molecular formula is C62H100N14O34. The van der Waals surface area contributed by atoms with Crippen molar-refractivity contribution in [2.75, 3.05) is 46.1 Å². The van der Waals surface area contributed by atoms with E-state index in [-0.39, 0.29) is 25.1 Å². The highest BCUT2D eigenvalue weighted by molar-refractivity contribution is 5.99. The summed E-state index contributed by atoms with van der Waals surface area (Å²) in [6.07, 6.45) is -32.2. The van der Waals surface area contributed by atoms with Gasteiger partial charge in [-0.05, 0) is 47.0 Å². The molecule has 110 heavy (non-hydrogen) atoms. The van der Waals surface area contributed by atoms with Gasteiger partial charge in [-0.15, -0.1) is 0 Å². The van der Waals surface area contributed by atoms with E-state index in [0.29, 0.717) is 0 Å². The van der Waals surface area contributed by atoms with Crippen molar-refractivity contribution in [2.24, 2.45) is 5.73 Å². The molecule has 0 aliphatic carbocycles. The Morgan fingerprint density at radius 3 is 1.62 bits per heavy atom. The molecule has 48 heteroatoms. The number of aromatic amines is 1. The van der Waals surface area contributed by atoms with E-state index in [1.807, 2.05) is 0 Å². The van der Waals surface area contributed by atoms with Gasteiger partial charge in [-0.25, -0.2) is 4.98 Å². The van der Waals surface area contributed by atoms with Crippen LogP contribution >= 0.6 is 0 Å². The fourth-order valence-electron chi connectivity index (χ4n) is 11.9. The van der Waals surface area contributed by atoms with Crippen molar-refractivity contribution in [1.29, 1.82) is 0 Å². The lowest BCUT2D eigenvalue weighted by atomic mass is 9.94. The van der Waals surface area contributed by atoms with Crippen LogP contribution in [0.2, 0.25) is 0 Å². The highest BCUT2D eigenvalue weighted by Crippen LogP contribution is 2.33. The van der Waals surface area contributed by atoms with Gasteiger partial charge in [0.2, 0.25) is 65.0 Å². The monoisotopic (exact) mass is 1580 g/mol. The molecule has 0 saturated carbocycles. The lowest BCUT2D eigenvalue weighted by molar-refractivity contribution is -0.352. The third-order valence-corrected chi connectivity index (χ3v) is 18.0. The Morgan fingerprint density at radius 1 is 0.582 bits per heavy atom. The molecule has 0 spiro atoms. The molecule has 4 saturated heterocycles. The van der Waals surface area contributed by atoms with Crippen molar-refractivity contribution in [3.05, 3.63) is 18.2 Å². The molecule has 48 nitrogen and oxygen atoms in total. The van der Waals surface area contributed by atoms with Gasteiger partial charge in [0.25, 0.3) is 0 Å². The van der Waals surface area contributed by atoms with Gasteiger partial charge in [-0.2, -0.15) is 0 Å². The van der Waals surface area contributed by atoms with Gasteiger partial charge in [-0.1, -0.05) is 0 Å². The quantitative estimate of drug-likeness (QED) is 0.0290. The van der Waals surface area contributed by atoms with Crippen molar-refractivity contribution in [1.82, 2.24) is 68.0 Å². The summed E-state index contributed by atoms with van der Waals surface area (Å²) in [6.45, 7) is -0.609. The molecule has 4 aliphatic heterocycles. The summed E-state index contributed by atoms with van der Waals surface area (Å²) >= 11 is 0. The van der Waals surface area contributed by atoms with Crippen LogP contribution in [0.15, 0.2) is 12.5 Å². The molecule has 1 aromatic rings. The largest absolute Gasteiger partial charge is 0.481 e. The molecule has 0 radical (unpaired) electrons. The molecule has 5 rings (SSSR count). The van der Waals surface area contributed by atoms with Crippen LogP contribution in [-0.4, -0.2) is 385 Å². The predicted octanol–water partition coefficient (Wildman–Crippen LogP) is -16.0. The smallest absolute Gasteiger partial charge is 0.322 e. The average Bonchev–Trinajstić information content (AvgIpc) is 0.869. The Kier molecular flexibility index (Phi) is 35.8. The zero-order chi connectivity index (χ0) is 82.5. The van der Waals surface area contributed by atoms with E-state index >= 15 is 4.79 Å². The summed E-state index contributed by atoms with van der Waals surface area (Å²) in [5.74, 6) is -16.3.